The summed E-state index contributed by atoms with van der Waals surface area (Å²) in [4.78, 5) is 26.2. The zero-order chi connectivity index (χ0) is 16.6. The highest BCUT2D eigenvalue weighted by atomic mass is 16.6. The number of rotatable bonds is 4. The molecule has 0 radical (unpaired) electrons. The summed E-state index contributed by atoms with van der Waals surface area (Å²) in [5.41, 5.74) is -1.19. The molecule has 3 rings (SSSR count). The van der Waals surface area contributed by atoms with Crippen molar-refractivity contribution < 1.29 is 24.1 Å². The summed E-state index contributed by atoms with van der Waals surface area (Å²) in [5, 5.41) is 19.3. The lowest BCUT2D eigenvalue weighted by atomic mass is 10.1. The molecule has 0 aliphatic carbocycles. The summed E-state index contributed by atoms with van der Waals surface area (Å²) in [6.07, 6.45) is -1.19. The molecule has 1 aliphatic rings. The average molecular weight is 324 g/mol. The zero-order valence-corrected chi connectivity index (χ0v) is 12.2. The van der Waals surface area contributed by atoms with Crippen LogP contribution in [0.5, 0.6) is 0 Å². The second-order valence-corrected chi connectivity index (χ2v) is 5.13. The van der Waals surface area contributed by atoms with Gasteiger partial charge >= 0.3 is 5.69 Å². The Bertz CT molecular complexity index is 779. The third kappa shape index (κ3) is 2.63. The lowest BCUT2D eigenvalue weighted by Gasteiger charge is -2.20. The number of aliphatic hydroxyl groups is 2. The van der Waals surface area contributed by atoms with Gasteiger partial charge in [-0.2, -0.15) is 0 Å². The molecule has 2 aromatic rings. The number of ether oxygens (including phenoxy) is 2. The van der Waals surface area contributed by atoms with Gasteiger partial charge in [0.2, 0.25) is 0 Å². The van der Waals surface area contributed by atoms with E-state index in [0.29, 0.717) is 0 Å². The number of nitrogens with one attached hydrogen (secondary N) is 1. The van der Waals surface area contributed by atoms with Crippen LogP contribution in [-0.4, -0.2) is 51.8 Å². The van der Waals surface area contributed by atoms with E-state index in [1.54, 1.807) is 12.1 Å². The Balaban J connectivity index is 2.08. The topological polar surface area (TPSA) is 127 Å². The first-order valence-corrected chi connectivity index (χ1v) is 6.93. The summed E-state index contributed by atoms with van der Waals surface area (Å²) in [5.74, 6) is 0.284. The number of aromatic amines is 1. The number of hydrogen-bond donors (Lipinski definition) is 3. The second kappa shape index (κ2) is 6.13. The van der Waals surface area contributed by atoms with Crippen LogP contribution in [0.2, 0.25) is 0 Å². The summed E-state index contributed by atoms with van der Waals surface area (Å²) in [6, 6.07) is 3.19. The molecule has 0 spiro atoms. The maximum absolute atomic E-state index is 12.1. The fraction of sp³-hybridized carbons (Fsp3) is 0.429. The smallest absolute Gasteiger partial charge is 0.330 e. The molecule has 0 amide bonds. The van der Waals surface area contributed by atoms with E-state index in [1.165, 1.54) is 19.6 Å². The van der Waals surface area contributed by atoms with Crippen molar-refractivity contribution >= 4 is 0 Å². The van der Waals surface area contributed by atoms with Crippen LogP contribution in [-0.2, 0) is 9.47 Å². The molecular formula is C14H16N2O7. The highest BCUT2D eigenvalue weighted by molar-refractivity contribution is 5.54. The molecule has 2 aromatic heterocycles. The van der Waals surface area contributed by atoms with Crippen LogP contribution in [0, 0.1) is 0 Å². The molecule has 0 bridgehead atoms. The van der Waals surface area contributed by atoms with Gasteiger partial charge in [0.05, 0.1) is 18.4 Å². The van der Waals surface area contributed by atoms with E-state index < -0.39 is 42.4 Å². The summed E-state index contributed by atoms with van der Waals surface area (Å²) >= 11 is 0. The Kier molecular flexibility index (Phi) is 4.18. The van der Waals surface area contributed by atoms with Crippen molar-refractivity contribution in [3.8, 4) is 11.3 Å². The molecule has 9 heteroatoms. The van der Waals surface area contributed by atoms with E-state index in [9.17, 15) is 19.8 Å². The normalized spacial score (nSPS) is 27.4. The van der Waals surface area contributed by atoms with Gasteiger partial charge in [0, 0.05) is 13.3 Å². The molecule has 23 heavy (non-hydrogen) atoms. The fourth-order valence-corrected chi connectivity index (χ4v) is 2.63. The minimum atomic E-state index is -1.11. The van der Waals surface area contributed by atoms with Crippen molar-refractivity contribution in [1.29, 1.82) is 0 Å². The Morgan fingerprint density at radius 1 is 1.43 bits per heavy atom. The fourth-order valence-electron chi connectivity index (χ4n) is 2.63. The minimum Gasteiger partial charge on any atom is -0.464 e. The van der Waals surface area contributed by atoms with Crippen molar-refractivity contribution in [1.82, 2.24) is 9.55 Å². The number of methoxy groups -OCH3 is 1. The van der Waals surface area contributed by atoms with Crippen molar-refractivity contribution in [3.05, 3.63) is 45.4 Å². The molecule has 0 aromatic carbocycles. The number of aromatic nitrogens is 2. The average Bonchev–Trinajstić information content (AvgIpc) is 3.15. The van der Waals surface area contributed by atoms with E-state index in [1.807, 2.05) is 0 Å². The first-order valence-electron chi connectivity index (χ1n) is 6.93. The van der Waals surface area contributed by atoms with E-state index in [2.05, 4.69) is 4.98 Å². The molecule has 9 nitrogen and oxygen atoms in total. The molecule has 124 valence electrons. The van der Waals surface area contributed by atoms with Gasteiger partial charge in [0.25, 0.3) is 5.56 Å². The maximum atomic E-state index is 12.1. The van der Waals surface area contributed by atoms with Gasteiger partial charge in [-0.15, -0.1) is 0 Å². The summed E-state index contributed by atoms with van der Waals surface area (Å²) < 4.78 is 16.9. The van der Waals surface area contributed by atoms with Crippen molar-refractivity contribution in [2.45, 2.75) is 24.5 Å². The predicted molar refractivity (Wildman–Crippen MR) is 76.8 cm³/mol. The predicted octanol–water partition coefficient (Wildman–Crippen LogP) is -0.938. The molecule has 4 atom stereocenters. The summed E-state index contributed by atoms with van der Waals surface area (Å²) in [6.45, 7) is -0.430. The number of H-pyrrole nitrogens is 1. The van der Waals surface area contributed by atoms with Gasteiger partial charge in [-0.1, -0.05) is 0 Å². The van der Waals surface area contributed by atoms with Crippen LogP contribution in [0.25, 0.3) is 11.3 Å². The van der Waals surface area contributed by atoms with Crippen LogP contribution in [0.3, 0.4) is 0 Å². The molecule has 4 unspecified atom stereocenters. The quantitative estimate of drug-likeness (QED) is 0.662. The van der Waals surface area contributed by atoms with E-state index in [0.717, 1.165) is 4.57 Å². The first-order chi connectivity index (χ1) is 11.1. The van der Waals surface area contributed by atoms with Crippen LogP contribution in [0.15, 0.2) is 38.6 Å². The van der Waals surface area contributed by atoms with Gasteiger partial charge in [0.1, 0.15) is 24.1 Å². The Morgan fingerprint density at radius 3 is 2.83 bits per heavy atom. The number of hydrogen-bond acceptors (Lipinski definition) is 7. The molecule has 3 heterocycles. The number of furan rings is 1. The molecule has 1 aliphatic heterocycles. The third-order valence-corrected chi connectivity index (χ3v) is 3.79. The molecule has 1 saturated heterocycles. The highest BCUT2D eigenvalue weighted by Crippen LogP contribution is 2.30. The molecular weight excluding hydrogens is 308 g/mol. The Hall–Kier alpha value is -2.20. The Labute approximate surface area is 129 Å². The van der Waals surface area contributed by atoms with Gasteiger partial charge in [-0.3, -0.25) is 14.3 Å². The van der Waals surface area contributed by atoms with Gasteiger partial charge < -0.3 is 24.1 Å². The van der Waals surface area contributed by atoms with E-state index in [-0.39, 0.29) is 11.3 Å². The molecule has 1 fully saturated rings. The lowest BCUT2D eigenvalue weighted by Crippen LogP contribution is -2.39. The van der Waals surface area contributed by atoms with Crippen LogP contribution >= 0.6 is 0 Å². The van der Waals surface area contributed by atoms with Gasteiger partial charge in [0.15, 0.2) is 6.23 Å². The SMILES string of the molecule is COC1C(O)C(CO)OC1n1cc(-c2ccco2)c(=O)[nH]c1=O. The number of nitrogens with zero attached hydrogens (tertiary/aromatic N) is 1. The molecule has 0 saturated carbocycles. The van der Waals surface area contributed by atoms with E-state index in [4.69, 9.17) is 13.9 Å². The first kappa shape index (κ1) is 15.7. The van der Waals surface area contributed by atoms with Crippen molar-refractivity contribution in [2.75, 3.05) is 13.7 Å². The van der Waals surface area contributed by atoms with Gasteiger partial charge in [-0.05, 0) is 12.1 Å². The minimum absolute atomic E-state index is 0.134. The zero-order valence-electron chi connectivity index (χ0n) is 12.2. The highest BCUT2D eigenvalue weighted by Gasteiger charge is 2.45. The molecule has 3 N–H and O–H groups in total. The van der Waals surface area contributed by atoms with Crippen LogP contribution in [0.4, 0.5) is 0 Å². The summed E-state index contributed by atoms with van der Waals surface area (Å²) in [7, 11) is 1.36. The Morgan fingerprint density at radius 2 is 2.22 bits per heavy atom. The number of aliphatic hydroxyl groups excluding tert-OH is 2. The van der Waals surface area contributed by atoms with Crippen molar-refractivity contribution in [3.63, 3.8) is 0 Å². The van der Waals surface area contributed by atoms with Crippen molar-refractivity contribution in [2.24, 2.45) is 0 Å². The maximum Gasteiger partial charge on any atom is 0.330 e. The van der Waals surface area contributed by atoms with Gasteiger partial charge in [-0.25, -0.2) is 4.79 Å². The third-order valence-electron chi connectivity index (χ3n) is 3.79. The second-order valence-electron chi connectivity index (χ2n) is 5.13. The van der Waals surface area contributed by atoms with E-state index >= 15 is 0 Å². The standard InChI is InChI=1S/C14H16N2O7/c1-21-11-10(18)9(6-17)23-13(11)16-5-7(8-3-2-4-22-8)12(19)15-14(16)20/h2-5,9-11,13,17-18H,6H2,1H3,(H,15,19,20). The monoisotopic (exact) mass is 324 g/mol. The lowest BCUT2D eigenvalue weighted by molar-refractivity contribution is -0.0624. The van der Waals surface area contributed by atoms with Crippen LogP contribution in [0.1, 0.15) is 6.23 Å². The van der Waals surface area contributed by atoms with Crippen LogP contribution < -0.4 is 11.2 Å². The largest absolute Gasteiger partial charge is 0.464 e.